The number of thioether (sulfide) groups is 1. The lowest BCUT2D eigenvalue weighted by Gasteiger charge is -2.25. The lowest BCUT2D eigenvalue weighted by Crippen LogP contribution is -2.34. The lowest BCUT2D eigenvalue weighted by molar-refractivity contribution is 0.0939. The van der Waals surface area contributed by atoms with E-state index >= 15 is 0 Å². The van der Waals surface area contributed by atoms with Crippen molar-refractivity contribution in [3.05, 3.63) is 82.1 Å². The van der Waals surface area contributed by atoms with Gasteiger partial charge in [-0.1, -0.05) is 24.3 Å². The van der Waals surface area contributed by atoms with E-state index in [0.717, 1.165) is 21.9 Å². The third kappa shape index (κ3) is 5.41. The number of benzene rings is 2. The molecule has 1 aromatic heterocycles. The summed E-state index contributed by atoms with van der Waals surface area (Å²) in [5.41, 5.74) is 4.28. The average Bonchev–Trinajstić information content (AvgIpc) is 3.20. The van der Waals surface area contributed by atoms with E-state index in [2.05, 4.69) is 10.3 Å². The zero-order chi connectivity index (χ0) is 19.9. The number of halogens is 1. The third-order valence-electron chi connectivity index (χ3n) is 4.30. The van der Waals surface area contributed by atoms with Crippen molar-refractivity contribution in [3.63, 3.8) is 0 Å². The summed E-state index contributed by atoms with van der Waals surface area (Å²) in [5.74, 6) is 0.307. The standard InChI is InChI=1S/C21H22FN3OS2/c1-25(2)19(15-6-5-7-16(22)10-15)11-23-21(26)18-8-3-4-9-20(18)28-13-17-12-27-14-24-17/h3-10,12,14,19H,11,13H2,1-2H3,(H,23,26)/t19-/m0/s1. The normalized spacial score (nSPS) is 12.1. The molecule has 3 rings (SSSR count). The molecule has 0 saturated heterocycles. The number of carbonyl (C=O) groups excluding carboxylic acids is 1. The van der Waals surface area contributed by atoms with Crippen LogP contribution in [0.15, 0.2) is 64.3 Å². The summed E-state index contributed by atoms with van der Waals surface area (Å²) in [6.45, 7) is 0.389. The van der Waals surface area contributed by atoms with Gasteiger partial charge in [0.1, 0.15) is 5.82 Å². The molecule has 7 heteroatoms. The highest BCUT2D eigenvalue weighted by atomic mass is 32.2. The lowest BCUT2D eigenvalue weighted by atomic mass is 10.1. The molecule has 0 aliphatic heterocycles. The maximum Gasteiger partial charge on any atom is 0.252 e. The second-order valence-corrected chi connectivity index (χ2v) is 8.24. The fourth-order valence-corrected chi connectivity index (χ4v) is 4.45. The quantitative estimate of drug-likeness (QED) is 0.546. The molecule has 2 aromatic carbocycles. The van der Waals surface area contributed by atoms with Gasteiger partial charge in [0.05, 0.1) is 22.8 Å². The predicted octanol–water partition coefficient (Wildman–Crippen LogP) is 4.61. The van der Waals surface area contributed by atoms with Gasteiger partial charge in [-0.25, -0.2) is 9.37 Å². The van der Waals surface area contributed by atoms with Gasteiger partial charge < -0.3 is 10.2 Å². The van der Waals surface area contributed by atoms with Gasteiger partial charge in [0, 0.05) is 22.6 Å². The fourth-order valence-electron chi connectivity index (χ4n) is 2.84. The maximum absolute atomic E-state index is 13.6. The summed E-state index contributed by atoms with van der Waals surface area (Å²) in [5, 5.41) is 5.01. The van der Waals surface area contributed by atoms with Crippen molar-refractivity contribution < 1.29 is 9.18 Å². The molecular formula is C21H22FN3OS2. The largest absolute Gasteiger partial charge is 0.350 e. The first-order valence-corrected chi connectivity index (χ1v) is 10.8. The maximum atomic E-state index is 13.6. The molecule has 146 valence electrons. The topological polar surface area (TPSA) is 45.2 Å². The van der Waals surface area contributed by atoms with Gasteiger partial charge in [0.15, 0.2) is 0 Å². The van der Waals surface area contributed by atoms with E-state index in [1.165, 1.54) is 12.1 Å². The summed E-state index contributed by atoms with van der Waals surface area (Å²) < 4.78 is 13.6. The SMILES string of the molecule is CN(C)[C@@H](CNC(=O)c1ccccc1SCc1cscn1)c1cccc(F)c1. The van der Waals surface area contributed by atoms with E-state index in [4.69, 9.17) is 0 Å². The van der Waals surface area contributed by atoms with Gasteiger partial charge in [-0.3, -0.25) is 4.79 Å². The van der Waals surface area contributed by atoms with Gasteiger partial charge in [-0.2, -0.15) is 0 Å². The second-order valence-electron chi connectivity index (χ2n) is 6.51. The Bertz CT molecular complexity index is 916. The summed E-state index contributed by atoms with van der Waals surface area (Å²) in [7, 11) is 3.83. The van der Waals surface area contributed by atoms with Crippen LogP contribution < -0.4 is 5.32 Å². The third-order valence-corrected chi connectivity index (χ3v) is 6.05. The van der Waals surface area contributed by atoms with Crippen LogP contribution in [0.1, 0.15) is 27.7 Å². The van der Waals surface area contributed by atoms with E-state index in [9.17, 15) is 9.18 Å². The van der Waals surface area contributed by atoms with Gasteiger partial charge in [-0.05, 0) is 43.9 Å². The van der Waals surface area contributed by atoms with Gasteiger partial charge in [0.2, 0.25) is 0 Å². The Labute approximate surface area is 172 Å². The molecular weight excluding hydrogens is 393 g/mol. The fraction of sp³-hybridized carbons (Fsp3) is 0.238. The molecule has 0 saturated carbocycles. The summed E-state index contributed by atoms with van der Waals surface area (Å²) >= 11 is 3.16. The highest BCUT2D eigenvalue weighted by Crippen LogP contribution is 2.26. The van der Waals surface area contributed by atoms with Crippen LogP contribution in [0.2, 0.25) is 0 Å². The Morgan fingerprint density at radius 3 is 2.79 bits per heavy atom. The van der Waals surface area contributed by atoms with Crippen LogP contribution in [-0.4, -0.2) is 36.4 Å². The van der Waals surface area contributed by atoms with Crippen LogP contribution in [0.3, 0.4) is 0 Å². The van der Waals surface area contributed by atoms with E-state index in [-0.39, 0.29) is 17.8 Å². The van der Waals surface area contributed by atoms with Crippen molar-refractivity contribution in [1.82, 2.24) is 15.2 Å². The van der Waals surface area contributed by atoms with Crippen LogP contribution >= 0.6 is 23.1 Å². The van der Waals surface area contributed by atoms with Crippen LogP contribution in [0.4, 0.5) is 4.39 Å². The Kier molecular flexibility index (Phi) is 7.19. The zero-order valence-electron chi connectivity index (χ0n) is 15.8. The highest BCUT2D eigenvalue weighted by molar-refractivity contribution is 7.98. The van der Waals surface area contributed by atoms with E-state index in [1.54, 1.807) is 29.2 Å². The molecule has 0 unspecified atom stereocenters. The number of nitrogens with zero attached hydrogens (tertiary/aromatic N) is 2. The van der Waals surface area contributed by atoms with Crippen molar-refractivity contribution >= 4 is 29.0 Å². The number of carbonyl (C=O) groups is 1. The molecule has 1 atom stereocenters. The molecule has 1 N–H and O–H groups in total. The first-order chi connectivity index (χ1) is 13.5. The minimum atomic E-state index is -0.278. The number of rotatable bonds is 8. The van der Waals surface area contributed by atoms with E-state index in [1.807, 2.05) is 60.2 Å². The van der Waals surface area contributed by atoms with Crippen molar-refractivity contribution in [2.45, 2.75) is 16.7 Å². The molecule has 3 aromatic rings. The smallest absolute Gasteiger partial charge is 0.252 e. The minimum Gasteiger partial charge on any atom is -0.350 e. The number of hydrogen-bond acceptors (Lipinski definition) is 5. The van der Waals surface area contributed by atoms with Crippen molar-refractivity contribution in [2.24, 2.45) is 0 Å². The highest BCUT2D eigenvalue weighted by Gasteiger charge is 2.18. The number of amides is 1. The molecule has 0 aliphatic rings. The number of aromatic nitrogens is 1. The zero-order valence-corrected chi connectivity index (χ0v) is 17.4. The summed E-state index contributed by atoms with van der Waals surface area (Å²) in [6.07, 6.45) is 0. The number of nitrogens with one attached hydrogen (secondary N) is 1. The van der Waals surface area contributed by atoms with Crippen LogP contribution in [0, 0.1) is 5.82 Å². The molecule has 0 bridgehead atoms. The molecule has 1 heterocycles. The molecule has 1 amide bonds. The van der Waals surface area contributed by atoms with Crippen molar-refractivity contribution in [1.29, 1.82) is 0 Å². The Morgan fingerprint density at radius 2 is 2.07 bits per heavy atom. The second kappa shape index (κ2) is 9.82. The van der Waals surface area contributed by atoms with Gasteiger partial charge >= 0.3 is 0 Å². The van der Waals surface area contributed by atoms with Crippen molar-refractivity contribution in [3.8, 4) is 0 Å². The predicted molar refractivity (Wildman–Crippen MR) is 113 cm³/mol. The van der Waals surface area contributed by atoms with E-state index in [0.29, 0.717) is 12.1 Å². The average molecular weight is 416 g/mol. The van der Waals surface area contributed by atoms with Crippen LogP contribution in [-0.2, 0) is 5.75 Å². The Hall–Kier alpha value is -2.22. The first-order valence-electron chi connectivity index (χ1n) is 8.83. The van der Waals surface area contributed by atoms with Gasteiger partial charge in [-0.15, -0.1) is 23.1 Å². The molecule has 0 spiro atoms. The molecule has 0 radical (unpaired) electrons. The number of thiazole rings is 1. The summed E-state index contributed by atoms with van der Waals surface area (Å²) in [6, 6.07) is 13.9. The molecule has 0 fully saturated rings. The molecule has 0 aliphatic carbocycles. The monoisotopic (exact) mass is 415 g/mol. The van der Waals surface area contributed by atoms with Crippen LogP contribution in [0.25, 0.3) is 0 Å². The minimum absolute atomic E-state index is 0.116. The van der Waals surface area contributed by atoms with Gasteiger partial charge in [0.25, 0.3) is 5.91 Å². The van der Waals surface area contributed by atoms with Crippen LogP contribution in [0.5, 0.6) is 0 Å². The van der Waals surface area contributed by atoms with E-state index < -0.39 is 0 Å². The summed E-state index contributed by atoms with van der Waals surface area (Å²) in [4.78, 5) is 20.0. The molecule has 28 heavy (non-hydrogen) atoms. The molecule has 4 nitrogen and oxygen atoms in total. The Balaban J connectivity index is 1.68. The first kappa shape index (κ1) is 20.5. The number of hydrogen-bond donors (Lipinski definition) is 1. The number of likely N-dealkylation sites (N-methyl/N-ethyl adjacent to an activating group) is 1. The Morgan fingerprint density at radius 1 is 1.25 bits per heavy atom. The van der Waals surface area contributed by atoms with Crippen molar-refractivity contribution in [2.75, 3.05) is 20.6 Å².